The van der Waals surface area contributed by atoms with Gasteiger partial charge in [0, 0.05) is 18.2 Å². The zero-order valence-electron chi connectivity index (χ0n) is 12.0. The lowest BCUT2D eigenvalue weighted by atomic mass is 10.0. The molecule has 1 amide bonds. The molecular weight excluding hydrogens is 295 g/mol. The molecule has 1 unspecified atom stereocenters. The normalized spacial score (nSPS) is 19.3. The average Bonchev–Trinajstić information content (AvgIpc) is 2.86. The minimum Gasteiger partial charge on any atom is -0.335 e. The molecule has 0 aliphatic carbocycles. The number of carbonyl (C=O) groups excluding carboxylic acids is 1. The molecule has 1 saturated heterocycles. The van der Waals surface area contributed by atoms with Gasteiger partial charge in [-0.2, -0.15) is 0 Å². The second-order valence-electron chi connectivity index (χ2n) is 5.64. The van der Waals surface area contributed by atoms with Gasteiger partial charge in [-0.05, 0) is 37.0 Å². The molecule has 21 heavy (non-hydrogen) atoms. The first-order valence-corrected chi connectivity index (χ1v) is 8.39. The Morgan fingerprint density at radius 3 is 2.67 bits per heavy atom. The van der Waals surface area contributed by atoms with Crippen molar-refractivity contribution in [2.75, 3.05) is 6.54 Å². The number of hydrogen-bond donors (Lipinski definition) is 1. The summed E-state index contributed by atoms with van der Waals surface area (Å²) in [4.78, 5) is 13.6. The van der Waals surface area contributed by atoms with Crippen molar-refractivity contribution in [1.82, 2.24) is 4.90 Å². The first-order chi connectivity index (χ1) is 9.71. The van der Waals surface area contributed by atoms with Crippen LogP contribution in [-0.4, -0.2) is 31.8 Å². The zero-order chi connectivity index (χ0) is 15.8. The van der Waals surface area contributed by atoms with E-state index in [0.29, 0.717) is 12.5 Å². The van der Waals surface area contributed by atoms with Crippen LogP contribution in [0.5, 0.6) is 0 Å². The number of nitrogens with zero attached hydrogens (tertiary/aromatic N) is 1. The summed E-state index contributed by atoms with van der Waals surface area (Å²) in [5, 5.41) is 4.96. The monoisotopic (exact) mass is 314 g/mol. The van der Waals surface area contributed by atoms with Crippen LogP contribution >= 0.6 is 0 Å². The highest BCUT2D eigenvalue weighted by Gasteiger charge is 2.32. The van der Waals surface area contributed by atoms with E-state index in [9.17, 15) is 17.6 Å². The van der Waals surface area contributed by atoms with E-state index in [0.717, 1.165) is 25.0 Å². The second-order valence-corrected chi connectivity index (χ2v) is 7.17. The van der Waals surface area contributed by atoms with Crippen molar-refractivity contribution in [3.63, 3.8) is 0 Å². The Hall–Kier alpha value is -1.47. The topological polar surface area (TPSA) is 80.5 Å². The smallest absolute Gasteiger partial charge is 0.254 e. The van der Waals surface area contributed by atoms with Gasteiger partial charge in [0.25, 0.3) is 5.91 Å². The molecule has 1 aromatic carbocycles. The fourth-order valence-electron chi connectivity index (χ4n) is 2.76. The van der Waals surface area contributed by atoms with E-state index in [1.54, 1.807) is 4.90 Å². The van der Waals surface area contributed by atoms with Crippen LogP contribution in [0.4, 0.5) is 4.39 Å². The van der Waals surface area contributed by atoms with Crippen LogP contribution in [0.1, 0.15) is 37.0 Å². The number of rotatable bonds is 3. The molecule has 7 heteroatoms. The number of halogens is 1. The number of primary sulfonamides is 1. The number of nitrogens with two attached hydrogens (primary N) is 1. The fourth-order valence-corrected chi connectivity index (χ4v) is 3.39. The molecule has 1 fully saturated rings. The van der Waals surface area contributed by atoms with E-state index in [1.807, 2.05) is 13.8 Å². The molecule has 5 nitrogen and oxygen atoms in total. The third-order valence-electron chi connectivity index (χ3n) is 3.81. The van der Waals surface area contributed by atoms with Gasteiger partial charge in [0.05, 0.1) is 0 Å². The van der Waals surface area contributed by atoms with Gasteiger partial charge in [0.1, 0.15) is 10.7 Å². The highest BCUT2D eigenvalue weighted by atomic mass is 32.2. The molecule has 1 atom stereocenters. The van der Waals surface area contributed by atoms with E-state index >= 15 is 0 Å². The standard InChI is InChI=1S/C14H19FN2O3S/c1-9(2)12-4-3-7-17(12)14(18)10-5-6-11(15)13(8-10)21(16,19)20/h5-6,8-9,12H,3-4,7H2,1-2H3,(H2,16,19,20). The molecule has 0 saturated carbocycles. The maximum Gasteiger partial charge on any atom is 0.254 e. The molecule has 1 aromatic rings. The third kappa shape index (κ3) is 3.24. The molecule has 2 rings (SSSR count). The lowest BCUT2D eigenvalue weighted by molar-refractivity contribution is 0.0701. The summed E-state index contributed by atoms with van der Waals surface area (Å²) in [5.41, 5.74) is 0.146. The highest BCUT2D eigenvalue weighted by Crippen LogP contribution is 2.26. The van der Waals surface area contributed by atoms with Crippen LogP contribution < -0.4 is 5.14 Å². The molecule has 1 aliphatic rings. The third-order valence-corrected chi connectivity index (χ3v) is 4.74. The number of likely N-dealkylation sites (tertiary alicyclic amines) is 1. The predicted octanol–water partition coefficient (Wildman–Crippen LogP) is 1.73. The molecule has 0 aromatic heterocycles. The van der Waals surface area contributed by atoms with Crippen molar-refractivity contribution in [2.45, 2.75) is 37.6 Å². The van der Waals surface area contributed by atoms with Crippen LogP contribution in [0.2, 0.25) is 0 Å². The van der Waals surface area contributed by atoms with Crippen molar-refractivity contribution in [1.29, 1.82) is 0 Å². The molecule has 116 valence electrons. The van der Waals surface area contributed by atoms with Crippen LogP contribution in [0, 0.1) is 11.7 Å². The first kappa shape index (κ1) is 15.9. The summed E-state index contributed by atoms with van der Waals surface area (Å²) >= 11 is 0. The number of sulfonamides is 1. The summed E-state index contributed by atoms with van der Waals surface area (Å²) in [6, 6.07) is 3.40. The van der Waals surface area contributed by atoms with Crippen LogP contribution in [-0.2, 0) is 10.0 Å². The van der Waals surface area contributed by atoms with Crippen LogP contribution in [0.15, 0.2) is 23.1 Å². The van der Waals surface area contributed by atoms with Gasteiger partial charge in [-0.1, -0.05) is 13.8 Å². The highest BCUT2D eigenvalue weighted by molar-refractivity contribution is 7.89. The number of carbonyl (C=O) groups is 1. The largest absolute Gasteiger partial charge is 0.335 e. The van der Waals surface area contributed by atoms with Gasteiger partial charge in [0.2, 0.25) is 10.0 Å². The van der Waals surface area contributed by atoms with Gasteiger partial charge in [-0.25, -0.2) is 17.9 Å². The van der Waals surface area contributed by atoms with Gasteiger partial charge in [-0.3, -0.25) is 4.79 Å². The number of amides is 1. The second kappa shape index (κ2) is 5.73. The van der Waals surface area contributed by atoms with E-state index in [4.69, 9.17) is 5.14 Å². The van der Waals surface area contributed by atoms with Gasteiger partial charge in [-0.15, -0.1) is 0 Å². The molecular formula is C14H19FN2O3S. The molecule has 0 bridgehead atoms. The van der Waals surface area contributed by atoms with Crippen molar-refractivity contribution in [2.24, 2.45) is 11.1 Å². The van der Waals surface area contributed by atoms with Crippen molar-refractivity contribution < 1.29 is 17.6 Å². The number of hydrogen-bond acceptors (Lipinski definition) is 3. The van der Waals surface area contributed by atoms with E-state index < -0.39 is 20.7 Å². The van der Waals surface area contributed by atoms with E-state index in [1.165, 1.54) is 6.07 Å². The zero-order valence-corrected chi connectivity index (χ0v) is 12.9. The summed E-state index contributed by atoms with van der Waals surface area (Å²) in [6.45, 7) is 4.71. The van der Waals surface area contributed by atoms with Crippen LogP contribution in [0.25, 0.3) is 0 Å². The number of benzene rings is 1. The molecule has 2 N–H and O–H groups in total. The Kier molecular flexibility index (Phi) is 4.34. The lowest BCUT2D eigenvalue weighted by Crippen LogP contribution is -2.38. The predicted molar refractivity (Wildman–Crippen MR) is 76.7 cm³/mol. The Balaban J connectivity index is 2.36. The first-order valence-electron chi connectivity index (χ1n) is 6.85. The fraction of sp³-hybridized carbons (Fsp3) is 0.500. The van der Waals surface area contributed by atoms with Gasteiger partial charge >= 0.3 is 0 Å². The van der Waals surface area contributed by atoms with Crippen LogP contribution in [0.3, 0.4) is 0 Å². The van der Waals surface area contributed by atoms with E-state index in [-0.39, 0.29) is 17.5 Å². The maximum atomic E-state index is 13.5. The Morgan fingerprint density at radius 1 is 1.43 bits per heavy atom. The Morgan fingerprint density at radius 2 is 2.10 bits per heavy atom. The molecule has 0 spiro atoms. The van der Waals surface area contributed by atoms with E-state index in [2.05, 4.69) is 0 Å². The maximum absolute atomic E-state index is 13.5. The summed E-state index contributed by atoms with van der Waals surface area (Å²) in [6.07, 6.45) is 1.84. The Labute approximate surface area is 124 Å². The van der Waals surface area contributed by atoms with Gasteiger partial charge in [0.15, 0.2) is 0 Å². The van der Waals surface area contributed by atoms with Crippen molar-refractivity contribution in [3.8, 4) is 0 Å². The quantitative estimate of drug-likeness (QED) is 0.922. The lowest BCUT2D eigenvalue weighted by Gasteiger charge is -2.27. The summed E-state index contributed by atoms with van der Waals surface area (Å²) in [5.74, 6) is -0.915. The SMILES string of the molecule is CC(C)C1CCCN1C(=O)c1ccc(F)c(S(N)(=O)=O)c1. The minimum atomic E-state index is -4.19. The molecule has 1 aliphatic heterocycles. The van der Waals surface area contributed by atoms with Crippen molar-refractivity contribution in [3.05, 3.63) is 29.6 Å². The average molecular weight is 314 g/mol. The van der Waals surface area contributed by atoms with Crippen molar-refractivity contribution >= 4 is 15.9 Å². The molecule has 1 heterocycles. The summed E-state index contributed by atoms with van der Waals surface area (Å²) in [7, 11) is -4.19. The Bertz CT molecular complexity index is 658. The summed E-state index contributed by atoms with van der Waals surface area (Å²) < 4.78 is 36.2. The minimum absolute atomic E-state index is 0.125. The molecule has 0 radical (unpaired) electrons. The van der Waals surface area contributed by atoms with Gasteiger partial charge < -0.3 is 4.90 Å².